The Hall–Kier alpha value is -0.690. The van der Waals surface area contributed by atoms with E-state index in [-0.39, 0.29) is 0 Å². The Labute approximate surface area is 311 Å². The lowest BCUT2D eigenvalue weighted by Crippen LogP contribution is -2.53. The molecule has 0 aromatic rings. The molecule has 6 nitrogen and oxygen atoms in total. The molecule has 4 unspecified atom stereocenters. The topological polar surface area (TPSA) is 110 Å². The van der Waals surface area contributed by atoms with Gasteiger partial charge in [0.05, 0.1) is 18.8 Å². The zero-order valence-electron chi connectivity index (χ0n) is 33.7. The summed E-state index contributed by atoms with van der Waals surface area (Å²) in [5, 5.41) is 43.7. The molecule has 0 aliphatic heterocycles. The lowest BCUT2D eigenvalue weighted by molar-refractivity contribution is -0.132. The Morgan fingerprint density at radius 2 is 0.680 bits per heavy atom. The fourth-order valence-electron chi connectivity index (χ4n) is 7.23. The van der Waals surface area contributed by atoms with Crippen LogP contribution in [0, 0.1) is 0 Å². The van der Waals surface area contributed by atoms with Crippen LogP contribution in [-0.2, 0) is 4.79 Å². The van der Waals surface area contributed by atoms with Crippen molar-refractivity contribution in [2.45, 2.75) is 269 Å². The largest absolute Gasteiger partial charge is 0.394 e. The summed E-state index contributed by atoms with van der Waals surface area (Å²) in [7, 11) is 0. The van der Waals surface area contributed by atoms with Gasteiger partial charge in [0.2, 0.25) is 5.91 Å². The van der Waals surface area contributed by atoms with Crippen molar-refractivity contribution in [2.75, 3.05) is 6.61 Å². The minimum absolute atomic E-state index is 0.375. The van der Waals surface area contributed by atoms with Gasteiger partial charge in [-0.05, 0) is 12.8 Å². The zero-order valence-corrected chi connectivity index (χ0v) is 33.7. The fourth-order valence-corrected chi connectivity index (χ4v) is 7.23. The predicted molar refractivity (Wildman–Crippen MR) is 215 cm³/mol. The monoisotopic (exact) mass is 712 g/mol. The van der Waals surface area contributed by atoms with Crippen molar-refractivity contribution in [3.8, 4) is 0 Å². The maximum absolute atomic E-state index is 12.5. The van der Waals surface area contributed by atoms with Crippen LogP contribution in [0.4, 0.5) is 0 Å². The van der Waals surface area contributed by atoms with Gasteiger partial charge < -0.3 is 25.7 Å². The van der Waals surface area contributed by atoms with Crippen molar-refractivity contribution in [2.24, 2.45) is 0 Å². The molecule has 0 radical (unpaired) electrons. The molecule has 0 saturated heterocycles. The number of carbonyl (C=O) groups excluding carboxylic acids is 1. The molecule has 5 N–H and O–H groups in total. The number of aliphatic hydroxyl groups excluding tert-OH is 4. The average molecular weight is 712 g/mol. The zero-order chi connectivity index (χ0) is 36.8. The van der Waals surface area contributed by atoms with Crippen LogP contribution in [0.25, 0.3) is 0 Å². The van der Waals surface area contributed by atoms with Gasteiger partial charge in [0.25, 0.3) is 0 Å². The van der Waals surface area contributed by atoms with Gasteiger partial charge in [0.15, 0.2) is 0 Å². The maximum atomic E-state index is 12.5. The molecule has 0 aromatic carbocycles. The number of nitrogens with one attached hydrogen (secondary N) is 1. The number of rotatable bonds is 41. The van der Waals surface area contributed by atoms with Gasteiger partial charge in [-0.15, -0.1) is 0 Å². The van der Waals surface area contributed by atoms with E-state index in [0.717, 1.165) is 38.5 Å². The Morgan fingerprint density at radius 1 is 0.420 bits per heavy atom. The molecule has 0 spiro atoms. The molecule has 0 saturated carbocycles. The molecule has 0 aromatic heterocycles. The third kappa shape index (κ3) is 33.2. The first kappa shape index (κ1) is 49.3. The molecule has 0 fully saturated rings. The first-order chi connectivity index (χ1) is 24.5. The molecule has 1 amide bonds. The fraction of sp³-hybridized carbons (Fsp3) is 0.977. The standard InChI is InChI=1S/C44H89NO5/c1-3-5-7-9-11-13-15-17-19-20-21-22-23-24-26-27-29-31-33-35-37-41(47)43(49)40(39-46)45-44(50)42(48)38-36-34-32-30-28-25-18-16-14-12-10-8-6-4-2/h40-43,46-49H,3-39H2,1-2H3,(H,45,50). The van der Waals surface area contributed by atoms with E-state index < -0.39 is 36.9 Å². The summed E-state index contributed by atoms with van der Waals surface area (Å²) in [6.45, 7) is 4.06. The van der Waals surface area contributed by atoms with E-state index >= 15 is 0 Å². The summed E-state index contributed by atoms with van der Waals surface area (Å²) < 4.78 is 0. The molecule has 300 valence electrons. The minimum Gasteiger partial charge on any atom is -0.394 e. The van der Waals surface area contributed by atoms with Gasteiger partial charge in [-0.2, -0.15) is 0 Å². The first-order valence-corrected chi connectivity index (χ1v) is 22.4. The highest BCUT2D eigenvalue weighted by Crippen LogP contribution is 2.17. The lowest BCUT2D eigenvalue weighted by atomic mass is 9.99. The van der Waals surface area contributed by atoms with E-state index in [0.29, 0.717) is 12.8 Å². The highest BCUT2D eigenvalue weighted by molar-refractivity contribution is 5.80. The quantitative estimate of drug-likeness (QED) is 0.0406. The van der Waals surface area contributed by atoms with E-state index in [4.69, 9.17) is 0 Å². The normalized spacial score (nSPS) is 14.1. The van der Waals surface area contributed by atoms with E-state index in [1.807, 2.05) is 0 Å². The summed E-state index contributed by atoms with van der Waals surface area (Å²) in [6.07, 6.45) is 41.3. The molecule has 0 bridgehead atoms. The Kier molecular flexibility index (Phi) is 39.0. The van der Waals surface area contributed by atoms with E-state index in [1.54, 1.807) is 0 Å². The maximum Gasteiger partial charge on any atom is 0.249 e. The summed E-state index contributed by atoms with van der Waals surface area (Å²) in [4.78, 5) is 12.5. The Balaban J connectivity index is 3.68. The lowest BCUT2D eigenvalue weighted by Gasteiger charge is -2.27. The van der Waals surface area contributed by atoms with E-state index in [1.165, 1.54) is 180 Å². The van der Waals surface area contributed by atoms with E-state index in [9.17, 15) is 25.2 Å². The summed E-state index contributed by atoms with van der Waals surface area (Å²) in [5.41, 5.74) is 0. The predicted octanol–water partition coefficient (Wildman–Crippen LogP) is 11.6. The molecule has 0 rings (SSSR count). The van der Waals surface area contributed by atoms with Crippen LogP contribution in [-0.4, -0.2) is 57.3 Å². The van der Waals surface area contributed by atoms with Gasteiger partial charge in [-0.1, -0.05) is 232 Å². The number of aliphatic hydroxyl groups is 4. The van der Waals surface area contributed by atoms with Crippen molar-refractivity contribution in [3.63, 3.8) is 0 Å². The highest BCUT2D eigenvalue weighted by Gasteiger charge is 2.28. The number of carbonyl (C=O) groups is 1. The third-order valence-electron chi connectivity index (χ3n) is 10.8. The number of hydrogen-bond acceptors (Lipinski definition) is 5. The summed E-state index contributed by atoms with van der Waals surface area (Å²) in [6, 6.07) is -0.978. The summed E-state index contributed by atoms with van der Waals surface area (Å²) >= 11 is 0. The molecular weight excluding hydrogens is 622 g/mol. The van der Waals surface area contributed by atoms with Crippen molar-refractivity contribution < 1.29 is 25.2 Å². The second-order valence-corrected chi connectivity index (χ2v) is 15.8. The number of amides is 1. The smallest absolute Gasteiger partial charge is 0.249 e. The third-order valence-corrected chi connectivity index (χ3v) is 10.8. The average Bonchev–Trinajstić information content (AvgIpc) is 3.12. The van der Waals surface area contributed by atoms with Crippen LogP contribution in [0.5, 0.6) is 0 Å². The van der Waals surface area contributed by atoms with Crippen molar-refractivity contribution in [1.82, 2.24) is 5.32 Å². The van der Waals surface area contributed by atoms with E-state index in [2.05, 4.69) is 19.2 Å². The second-order valence-electron chi connectivity index (χ2n) is 15.8. The molecule has 50 heavy (non-hydrogen) atoms. The molecule has 0 aliphatic carbocycles. The van der Waals surface area contributed by atoms with Crippen LogP contribution in [0.15, 0.2) is 0 Å². The van der Waals surface area contributed by atoms with Crippen LogP contribution >= 0.6 is 0 Å². The van der Waals surface area contributed by atoms with Gasteiger partial charge in [0, 0.05) is 0 Å². The Morgan fingerprint density at radius 3 is 0.960 bits per heavy atom. The number of hydrogen-bond donors (Lipinski definition) is 5. The van der Waals surface area contributed by atoms with Crippen LogP contribution in [0.3, 0.4) is 0 Å². The van der Waals surface area contributed by atoms with Gasteiger partial charge >= 0.3 is 0 Å². The Bertz CT molecular complexity index is 677. The van der Waals surface area contributed by atoms with Gasteiger partial charge in [0.1, 0.15) is 12.2 Å². The molecular formula is C44H89NO5. The molecule has 0 heterocycles. The SMILES string of the molecule is CCCCCCCCCCCCCCCCCCCCCCC(O)C(O)C(CO)NC(=O)C(O)CCCCCCCCCCCCCCCC. The summed E-state index contributed by atoms with van der Waals surface area (Å²) in [5.74, 6) is -0.580. The van der Waals surface area contributed by atoms with Crippen molar-refractivity contribution >= 4 is 5.91 Å². The van der Waals surface area contributed by atoms with Crippen molar-refractivity contribution in [1.29, 1.82) is 0 Å². The minimum atomic E-state index is -1.25. The highest BCUT2D eigenvalue weighted by atomic mass is 16.3. The molecule has 6 heteroatoms. The van der Waals surface area contributed by atoms with Crippen molar-refractivity contribution in [3.05, 3.63) is 0 Å². The van der Waals surface area contributed by atoms with Crippen LogP contribution in [0.1, 0.15) is 245 Å². The molecule has 4 atom stereocenters. The molecule has 0 aliphatic rings. The second kappa shape index (κ2) is 39.5. The number of unbranched alkanes of at least 4 members (excludes halogenated alkanes) is 32. The van der Waals surface area contributed by atoms with Gasteiger partial charge in [-0.25, -0.2) is 0 Å². The van der Waals surface area contributed by atoms with Gasteiger partial charge in [-0.3, -0.25) is 4.79 Å². The van der Waals surface area contributed by atoms with Crippen LogP contribution in [0.2, 0.25) is 0 Å². The van der Waals surface area contributed by atoms with Crippen LogP contribution < -0.4 is 5.32 Å². The first-order valence-electron chi connectivity index (χ1n) is 22.4.